The molecule has 6 nitrogen and oxygen atoms in total. The number of hydrogen-bond donors (Lipinski definition) is 1. The van der Waals surface area contributed by atoms with Gasteiger partial charge in [0.1, 0.15) is 11.8 Å². The molecule has 0 bridgehead atoms. The molecule has 1 saturated heterocycles. The first-order chi connectivity index (χ1) is 7.74. The Bertz CT molecular complexity index is 309. The van der Waals surface area contributed by atoms with Gasteiger partial charge < -0.3 is 14.6 Å². The minimum atomic E-state index is -0.918. The normalized spacial score (nSPS) is 24.8. The fourth-order valence-electron chi connectivity index (χ4n) is 1.72. The summed E-state index contributed by atoms with van der Waals surface area (Å²) in [4.78, 5) is 24.0. The van der Waals surface area contributed by atoms with Crippen LogP contribution in [0.15, 0.2) is 0 Å². The molecule has 1 heterocycles. The van der Waals surface area contributed by atoms with E-state index in [4.69, 9.17) is 14.6 Å². The number of amides is 1. The van der Waals surface area contributed by atoms with Gasteiger partial charge in [-0.2, -0.15) is 0 Å². The second-order valence-electron chi connectivity index (χ2n) is 5.09. The monoisotopic (exact) mass is 245 g/mol. The van der Waals surface area contributed by atoms with Crippen molar-refractivity contribution in [1.82, 2.24) is 4.90 Å². The van der Waals surface area contributed by atoms with Crippen LogP contribution in [0.1, 0.15) is 27.2 Å². The molecule has 1 amide bonds. The molecular weight excluding hydrogens is 226 g/mol. The second-order valence-corrected chi connectivity index (χ2v) is 5.09. The molecule has 0 unspecified atom stereocenters. The van der Waals surface area contributed by atoms with Gasteiger partial charge in [0, 0.05) is 20.1 Å². The molecule has 1 fully saturated rings. The number of carbonyl (C=O) groups excluding carboxylic acids is 1. The summed E-state index contributed by atoms with van der Waals surface area (Å²) < 4.78 is 10.3. The van der Waals surface area contributed by atoms with Crippen molar-refractivity contribution in [2.45, 2.75) is 39.0 Å². The molecular formula is C11H19NO5. The molecule has 0 spiro atoms. The summed E-state index contributed by atoms with van der Waals surface area (Å²) in [5, 5.41) is 8.92. The number of likely N-dealkylation sites (tertiary alicyclic amines) is 1. The summed E-state index contributed by atoms with van der Waals surface area (Å²) in [5.74, 6) is -1.51. The van der Waals surface area contributed by atoms with Gasteiger partial charge >= 0.3 is 12.1 Å². The summed E-state index contributed by atoms with van der Waals surface area (Å²) in [5.41, 5.74) is -0.601. The Morgan fingerprint density at radius 3 is 2.35 bits per heavy atom. The first kappa shape index (κ1) is 13.8. The van der Waals surface area contributed by atoms with Gasteiger partial charge in [-0.1, -0.05) is 0 Å². The molecule has 1 aliphatic rings. The van der Waals surface area contributed by atoms with E-state index >= 15 is 0 Å². The number of methoxy groups -OCH3 is 1. The number of carboxylic acid groups (broad SMARTS) is 1. The van der Waals surface area contributed by atoms with Crippen LogP contribution in [-0.4, -0.2) is 47.6 Å². The van der Waals surface area contributed by atoms with Crippen LogP contribution in [0.4, 0.5) is 4.79 Å². The maximum atomic E-state index is 11.8. The number of rotatable bonds is 2. The topological polar surface area (TPSA) is 76.1 Å². The molecule has 1 rings (SSSR count). The lowest BCUT2D eigenvalue weighted by atomic mass is 10.1. The highest BCUT2D eigenvalue weighted by Gasteiger charge is 2.40. The van der Waals surface area contributed by atoms with Gasteiger partial charge in [-0.25, -0.2) is 4.79 Å². The highest BCUT2D eigenvalue weighted by atomic mass is 16.6. The number of hydrogen-bond acceptors (Lipinski definition) is 4. The molecule has 98 valence electrons. The lowest BCUT2D eigenvalue weighted by Crippen LogP contribution is -2.40. The third-order valence-electron chi connectivity index (χ3n) is 2.50. The molecule has 1 N–H and O–H groups in total. The summed E-state index contributed by atoms with van der Waals surface area (Å²) in [7, 11) is 1.45. The number of carboxylic acids is 1. The van der Waals surface area contributed by atoms with E-state index in [1.807, 2.05) is 0 Å². The maximum absolute atomic E-state index is 11.8. The van der Waals surface area contributed by atoms with Gasteiger partial charge in [-0.05, 0) is 20.8 Å². The zero-order chi connectivity index (χ0) is 13.2. The van der Waals surface area contributed by atoms with Crippen LogP contribution in [0.25, 0.3) is 0 Å². The second kappa shape index (κ2) is 4.91. The number of nitrogens with zero attached hydrogens (tertiary/aromatic N) is 1. The van der Waals surface area contributed by atoms with Crippen molar-refractivity contribution in [2.24, 2.45) is 5.92 Å². The molecule has 6 heteroatoms. The molecule has 0 aliphatic carbocycles. The summed E-state index contributed by atoms with van der Waals surface area (Å²) in [6.07, 6.45) is -0.760. The van der Waals surface area contributed by atoms with E-state index in [0.717, 1.165) is 0 Å². The Balaban J connectivity index is 2.69. The van der Waals surface area contributed by atoms with E-state index in [0.29, 0.717) is 6.42 Å². The van der Waals surface area contributed by atoms with Gasteiger partial charge in [0.05, 0.1) is 5.92 Å². The standard InChI is InChI=1S/C11H19NO5/c1-11(2,3)17-10(15)12-6-7(9(13)14)5-8(12)16-4/h7-8H,5-6H2,1-4H3,(H,13,14)/t7-,8-/m0/s1. The number of carbonyl (C=O) groups is 2. The number of aliphatic carboxylic acids is 1. The van der Waals surface area contributed by atoms with Crippen molar-refractivity contribution < 1.29 is 24.2 Å². The van der Waals surface area contributed by atoms with Crippen molar-refractivity contribution in [1.29, 1.82) is 0 Å². The predicted molar refractivity (Wildman–Crippen MR) is 59.5 cm³/mol. The van der Waals surface area contributed by atoms with Crippen molar-refractivity contribution in [3.63, 3.8) is 0 Å². The molecule has 0 aromatic rings. The number of ether oxygens (including phenoxy) is 2. The first-order valence-electron chi connectivity index (χ1n) is 5.50. The fraction of sp³-hybridized carbons (Fsp3) is 0.818. The third kappa shape index (κ3) is 3.59. The smallest absolute Gasteiger partial charge is 0.412 e. The van der Waals surface area contributed by atoms with Crippen LogP contribution >= 0.6 is 0 Å². The van der Waals surface area contributed by atoms with Crippen LogP contribution in [0, 0.1) is 5.92 Å². The Morgan fingerprint density at radius 1 is 1.35 bits per heavy atom. The molecule has 0 saturated carbocycles. The molecule has 1 aliphatic heterocycles. The van der Waals surface area contributed by atoms with Crippen LogP contribution in [0.3, 0.4) is 0 Å². The zero-order valence-corrected chi connectivity index (χ0v) is 10.6. The Hall–Kier alpha value is -1.30. The Morgan fingerprint density at radius 2 is 1.94 bits per heavy atom. The minimum absolute atomic E-state index is 0.128. The van der Waals surface area contributed by atoms with E-state index in [9.17, 15) is 9.59 Å². The van der Waals surface area contributed by atoms with E-state index < -0.39 is 29.8 Å². The molecule has 0 aromatic heterocycles. The van der Waals surface area contributed by atoms with Crippen LogP contribution in [-0.2, 0) is 14.3 Å². The SMILES string of the molecule is CO[C@H]1C[C@H](C(=O)O)CN1C(=O)OC(C)(C)C. The predicted octanol–water partition coefficient (Wildman–Crippen LogP) is 1.30. The summed E-state index contributed by atoms with van der Waals surface area (Å²) in [6, 6.07) is 0. The van der Waals surface area contributed by atoms with Gasteiger partial charge in [-0.15, -0.1) is 0 Å². The van der Waals surface area contributed by atoms with Gasteiger partial charge in [0.15, 0.2) is 0 Å². The van der Waals surface area contributed by atoms with E-state index in [-0.39, 0.29) is 6.54 Å². The van der Waals surface area contributed by atoms with E-state index in [2.05, 4.69) is 0 Å². The van der Waals surface area contributed by atoms with Crippen molar-refractivity contribution in [3.05, 3.63) is 0 Å². The summed E-state index contributed by atoms with van der Waals surface area (Å²) in [6.45, 7) is 5.41. The summed E-state index contributed by atoms with van der Waals surface area (Å²) >= 11 is 0. The lowest BCUT2D eigenvalue weighted by Gasteiger charge is -2.27. The maximum Gasteiger partial charge on any atom is 0.412 e. The molecule has 17 heavy (non-hydrogen) atoms. The van der Waals surface area contributed by atoms with E-state index in [1.54, 1.807) is 20.8 Å². The highest BCUT2D eigenvalue weighted by molar-refractivity contribution is 5.74. The van der Waals surface area contributed by atoms with Crippen molar-refractivity contribution in [3.8, 4) is 0 Å². The van der Waals surface area contributed by atoms with Crippen molar-refractivity contribution in [2.75, 3.05) is 13.7 Å². The first-order valence-corrected chi connectivity index (χ1v) is 5.50. The minimum Gasteiger partial charge on any atom is -0.481 e. The largest absolute Gasteiger partial charge is 0.481 e. The molecule has 0 radical (unpaired) electrons. The zero-order valence-electron chi connectivity index (χ0n) is 10.6. The molecule has 2 atom stereocenters. The fourth-order valence-corrected chi connectivity index (χ4v) is 1.72. The Kier molecular flexibility index (Phi) is 3.98. The van der Waals surface area contributed by atoms with E-state index in [1.165, 1.54) is 12.0 Å². The van der Waals surface area contributed by atoms with Crippen LogP contribution < -0.4 is 0 Å². The van der Waals surface area contributed by atoms with Gasteiger partial charge in [0.2, 0.25) is 0 Å². The van der Waals surface area contributed by atoms with Crippen molar-refractivity contribution >= 4 is 12.1 Å². The van der Waals surface area contributed by atoms with Gasteiger partial charge in [0.25, 0.3) is 0 Å². The Labute approximate surface area is 100 Å². The third-order valence-corrected chi connectivity index (χ3v) is 2.50. The lowest BCUT2D eigenvalue weighted by molar-refractivity contribution is -0.141. The van der Waals surface area contributed by atoms with Crippen LogP contribution in [0.2, 0.25) is 0 Å². The molecule has 0 aromatic carbocycles. The average Bonchev–Trinajstić information content (AvgIpc) is 2.58. The van der Waals surface area contributed by atoms with Gasteiger partial charge in [-0.3, -0.25) is 9.69 Å². The quantitative estimate of drug-likeness (QED) is 0.793. The van der Waals surface area contributed by atoms with Crippen LogP contribution in [0.5, 0.6) is 0 Å². The average molecular weight is 245 g/mol. The highest BCUT2D eigenvalue weighted by Crippen LogP contribution is 2.25.